The van der Waals surface area contributed by atoms with Crippen LogP contribution in [0.3, 0.4) is 0 Å². The van der Waals surface area contributed by atoms with Crippen LogP contribution in [0.4, 0.5) is 0 Å². The number of thiophene rings is 1. The molecule has 0 saturated heterocycles. The van der Waals surface area contributed by atoms with Gasteiger partial charge in [-0.3, -0.25) is 0 Å². The second-order valence-electron chi connectivity index (χ2n) is 5.61. The minimum absolute atomic E-state index is 1.12. The summed E-state index contributed by atoms with van der Waals surface area (Å²) in [6.07, 6.45) is 0. The molecule has 5 aromatic rings. The lowest BCUT2D eigenvalue weighted by Crippen LogP contribution is -1.91. The largest absolute Gasteiger partial charge is 0.301 e. The van der Waals surface area contributed by atoms with Crippen LogP contribution in [-0.2, 0) is 0 Å². The fraction of sp³-hybridized carbons (Fsp3) is 0. The number of hydrogen-bond acceptors (Lipinski definition) is 1. The zero-order valence-electron chi connectivity index (χ0n) is 12.2. The van der Waals surface area contributed by atoms with Gasteiger partial charge in [0.1, 0.15) is 4.83 Å². The van der Waals surface area contributed by atoms with Crippen molar-refractivity contribution in [1.82, 2.24) is 4.57 Å². The molecule has 0 bridgehead atoms. The van der Waals surface area contributed by atoms with E-state index < -0.39 is 0 Å². The number of fused-ring (bicyclic) bond motifs is 5. The lowest BCUT2D eigenvalue weighted by Gasteiger charge is -2.06. The molecule has 0 aliphatic heterocycles. The minimum atomic E-state index is 1.12. The summed E-state index contributed by atoms with van der Waals surface area (Å²) in [6.45, 7) is 0. The van der Waals surface area contributed by atoms with E-state index in [1.807, 2.05) is 11.3 Å². The van der Waals surface area contributed by atoms with Gasteiger partial charge in [-0.25, -0.2) is 0 Å². The summed E-state index contributed by atoms with van der Waals surface area (Å²) in [5.41, 5.74) is 2.47. The average molecular weight is 378 g/mol. The number of rotatable bonds is 1. The summed E-state index contributed by atoms with van der Waals surface area (Å²) >= 11 is 5.49. The molecule has 0 radical (unpaired) electrons. The number of nitrogens with zero attached hydrogens (tertiary/aromatic N) is 1. The van der Waals surface area contributed by atoms with Gasteiger partial charge >= 0.3 is 0 Å². The molecule has 0 aliphatic carbocycles. The highest BCUT2D eigenvalue weighted by molar-refractivity contribution is 9.10. The van der Waals surface area contributed by atoms with E-state index in [9.17, 15) is 0 Å². The molecule has 3 heteroatoms. The van der Waals surface area contributed by atoms with Gasteiger partial charge in [0.25, 0.3) is 0 Å². The lowest BCUT2D eigenvalue weighted by molar-refractivity contribution is 1.19. The predicted octanol–water partition coefficient (Wildman–Crippen LogP) is 6.76. The molecule has 3 aromatic carbocycles. The first-order valence-corrected chi connectivity index (χ1v) is 9.10. The molecule has 23 heavy (non-hydrogen) atoms. The smallest absolute Gasteiger partial charge is 0.109 e. The maximum atomic E-state index is 3.63. The summed E-state index contributed by atoms with van der Waals surface area (Å²) in [4.78, 5) is 1.31. The van der Waals surface area contributed by atoms with Crippen LogP contribution in [0, 0.1) is 0 Å². The Balaban J connectivity index is 2.06. The molecule has 0 fully saturated rings. The number of aromatic nitrogens is 1. The van der Waals surface area contributed by atoms with Gasteiger partial charge in [0.05, 0.1) is 5.52 Å². The molecule has 2 heterocycles. The van der Waals surface area contributed by atoms with Crippen LogP contribution < -0.4 is 0 Å². The van der Waals surface area contributed by atoms with E-state index in [1.54, 1.807) is 0 Å². The topological polar surface area (TPSA) is 4.93 Å². The van der Waals surface area contributed by atoms with Gasteiger partial charge in [-0.15, -0.1) is 11.3 Å². The van der Waals surface area contributed by atoms with Crippen molar-refractivity contribution < 1.29 is 0 Å². The van der Waals surface area contributed by atoms with Gasteiger partial charge in [0, 0.05) is 31.0 Å². The Labute approximate surface area is 145 Å². The summed E-state index contributed by atoms with van der Waals surface area (Å²) in [6, 6.07) is 25.8. The first-order valence-electron chi connectivity index (χ1n) is 7.49. The van der Waals surface area contributed by atoms with E-state index in [0.29, 0.717) is 0 Å². The van der Waals surface area contributed by atoms with Crippen LogP contribution in [0.1, 0.15) is 0 Å². The normalized spacial score (nSPS) is 11.7. The molecule has 0 spiro atoms. The van der Waals surface area contributed by atoms with Gasteiger partial charge in [-0.1, -0.05) is 52.3 Å². The molecule has 0 saturated carbocycles. The Morgan fingerprint density at radius 2 is 1.57 bits per heavy atom. The van der Waals surface area contributed by atoms with E-state index >= 15 is 0 Å². The Kier molecular flexibility index (Phi) is 2.87. The van der Waals surface area contributed by atoms with Crippen LogP contribution in [0.5, 0.6) is 0 Å². The Morgan fingerprint density at radius 1 is 0.783 bits per heavy atom. The van der Waals surface area contributed by atoms with Crippen LogP contribution in [0.15, 0.2) is 77.3 Å². The summed E-state index contributed by atoms with van der Waals surface area (Å²) in [5, 5.41) is 3.99. The minimum Gasteiger partial charge on any atom is -0.301 e. The molecule has 0 amide bonds. The van der Waals surface area contributed by atoms with Gasteiger partial charge in [-0.2, -0.15) is 0 Å². The van der Waals surface area contributed by atoms with Crippen molar-refractivity contribution in [2.75, 3.05) is 0 Å². The van der Waals surface area contributed by atoms with E-state index in [4.69, 9.17) is 0 Å². The SMILES string of the molecule is Brc1ccc2c(c1)c1c3ccccc3sc1n2-c1ccccc1. The zero-order valence-corrected chi connectivity index (χ0v) is 14.6. The van der Waals surface area contributed by atoms with E-state index in [-0.39, 0.29) is 0 Å². The van der Waals surface area contributed by atoms with Gasteiger partial charge in [0.2, 0.25) is 0 Å². The molecule has 0 N–H and O–H groups in total. The second-order valence-corrected chi connectivity index (χ2v) is 7.56. The van der Waals surface area contributed by atoms with E-state index in [2.05, 4.69) is 93.3 Å². The van der Waals surface area contributed by atoms with Crippen molar-refractivity contribution in [2.45, 2.75) is 0 Å². The first kappa shape index (κ1) is 13.3. The van der Waals surface area contributed by atoms with Crippen LogP contribution in [0.25, 0.3) is 36.9 Å². The molecule has 110 valence electrons. The van der Waals surface area contributed by atoms with Gasteiger partial charge < -0.3 is 4.57 Å². The Morgan fingerprint density at radius 3 is 2.43 bits per heavy atom. The van der Waals surface area contributed by atoms with Crippen LogP contribution >= 0.6 is 27.3 Å². The van der Waals surface area contributed by atoms with Gasteiger partial charge in [-0.05, 0) is 36.4 Å². The maximum Gasteiger partial charge on any atom is 0.109 e. The number of para-hydroxylation sites is 1. The third-order valence-electron chi connectivity index (χ3n) is 4.26. The summed E-state index contributed by atoms with van der Waals surface area (Å²) < 4.78 is 4.83. The quantitative estimate of drug-likeness (QED) is 0.304. The molecule has 0 atom stereocenters. The summed E-state index contributed by atoms with van der Waals surface area (Å²) in [7, 11) is 0. The van der Waals surface area contributed by atoms with Crippen molar-refractivity contribution in [3.05, 3.63) is 77.3 Å². The average Bonchev–Trinajstić information content (AvgIpc) is 3.10. The highest BCUT2D eigenvalue weighted by Crippen LogP contribution is 2.42. The van der Waals surface area contributed by atoms with Crippen LogP contribution in [0.2, 0.25) is 0 Å². The van der Waals surface area contributed by atoms with Crippen molar-refractivity contribution in [2.24, 2.45) is 0 Å². The van der Waals surface area contributed by atoms with Crippen LogP contribution in [-0.4, -0.2) is 4.57 Å². The fourth-order valence-corrected chi connectivity index (χ4v) is 4.91. The molecule has 0 unspecified atom stereocenters. The zero-order chi connectivity index (χ0) is 15.4. The van der Waals surface area contributed by atoms with Crippen molar-refractivity contribution in [3.63, 3.8) is 0 Å². The molecule has 2 aromatic heterocycles. The molecular weight excluding hydrogens is 366 g/mol. The third-order valence-corrected chi connectivity index (χ3v) is 5.91. The van der Waals surface area contributed by atoms with E-state index in [0.717, 1.165) is 4.47 Å². The fourth-order valence-electron chi connectivity index (χ4n) is 3.30. The highest BCUT2D eigenvalue weighted by Gasteiger charge is 2.17. The van der Waals surface area contributed by atoms with Crippen molar-refractivity contribution in [3.8, 4) is 5.69 Å². The molecule has 1 nitrogen and oxygen atoms in total. The maximum absolute atomic E-state index is 3.63. The van der Waals surface area contributed by atoms with Crippen molar-refractivity contribution in [1.29, 1.82) is 0 Å². The third kappa shape index (κ3) is 1.90. The molecule has 0 aliphatic rings. The highest BCUT2D eigenvalue weighted by atomic mass is 79.9. The van der Waals surface area contributed by atoms with E-state index in [1.165, 1.54) is 36.9 Å². The number of hydrogen-bond donors (Lipinski definition) is 0. The Bertz CT molecular complexity index is 1170. The predicted molar refractivity (Wildman–Crippen MR) is 104 cm³/mol. The van der Waals surface area contributed by atoms with Gasteiger partial charge in [0.15, 0.2) is 0 Å². The number of benzene rings is 3. The standard InChI is InChI=1S/C20H12BrNS/c21-13-10-11-17-16(12-13)19-15-8-4-5-9-18(15)23-20(19)22(17)14-6-2-1-3-7-14/h1-12H. The summed E-state index contributed by atoms with van der Waals surface area (Å²) in [5.74, 6) is 0. The Hall–Kier alpha value is -2.10. The monoisotopic (exact) mass is 377 g/mol. The molecular formula is C20H12BrNS. The second kappa shape index (κ2) is 4.95. The van der Waals surface area contributed by atoms with Crippen molar-refractivity contribution >= 4 is 58.5 Å². The molecule has 5 rings (SSSR count). The number of halogens is 1. The first-order chi connectivity index (χ1) is 11.3. The lowest BCUT2D eigenvalue weighted by atomic mass is 10.1.